The minimum absolute atomic E-state index is 0.0967. The van der Waals surface area contributed by atoms with E-state index in [4.69, 9.17) is 4.74 Å². The van der Waals surface area contributed by atoms with Crippen LogP contribution in [0.5, 0.6) is 0 Å². The second-order valence-electron chi connectivity index (χ2n) is 5.50. The topological polar surface area (TPSA) is 58.6 Å². The highest BCUT2D eigenvalue weighted by Gasteiger charge is 2.39. The van der Waals surface area contributed by atoms with Gasteiger partial charge >= 0.3 is 0 Å². The van der Waals surface area contributed by atoms with E-state index < -0.39 is 6.04 Å². The molecule has 0 aliphatic carbocycles. The molecule has 0 radical (unpaired) electrons. The van der Waals surface area contributed by atoms with Crippen molar-refractivity contribution in [3.63, 3.8) is 0 Å². The van der Waals surface area contributed by atoms with Gasteiger partial charge in [0.15, 0.2) is 0 Å². The van der Waals surface area contributed by atoms with Crippen molar-refractivity contribution in [1.29, 1.82) is 0 Å². The molecule has 0 spiro atoms. The smallest absolute Gasteiger partial charge is 0.252 e. The second-order valence-corrected chi connectivity index (χ2v) is 5.50. The zero-order valence-electron chi connectivity index (χ0n) is 12.8. The van der Waals surface area contributed by atoms with Gasteiger partial charge in [-0.3, -0.25) is 14.5 Å². The maximum Gasteiger partial charge on any atom is 0.252 e. The zero-order chi connectivity index (χ0) is 15.4. The van der Waals surface area contributed by atoms with E-state index in [0.717, 1.165) is 17.7 Å². The first kappa shape index (κ1) is 15.5. The lowest BCUT2D eigenvalue weighted by Crippen LogP contribution is -2.39. The summed E-state index contributed by atoms with van der Waals surface area (Å²) in [5.41, 5.74) is 1.98. The summed E-state index contributed by atoms with van der Waals surface area (Å²) >= 11 is 0. The molecule has 21 heavy (non-hydrogen) atoms. The van der Waals surface area contributed by atoms with Crippen molar-refractivity contribution in [2.45, 2.75) is 38.8 Å². The van der Waals surface area contributed by atoms with Crippen molar-refractivity contribution in [3.05, 3.63) is 29.8 Å². The molecule has 1 N–H and O–H groups in total. The number of methoxy groups -OCH3 is 1. The third kappa shape index (κ3) is 3.42. The van der Waals surface area contributed by atoms with E-state index in [9.17, 15) is 9.59 Å². The molecule has 1 aromatic carbocycles. The van der Waals surface area contributed by atoms with Gasteiger partial charge in [0.2, 0.25) is 5.91 Å². The summed E-state index contributed by atoms with van der Waals surface area (Å²) in [6.45, 7) is 4.32. The normalized spacial score (nSPS) is 18.7. The third-order valence-electron chi connectivity index (χ3n) is 3.62. The summed E-state index contributed by atoms with van der Waals surface area (Å²) in [5.74, 6) is -0.251. The van der Waals surface area contributed by atoms with Crippen LogP contribution >= 0.6 is 0 Å². The summed E-state index contributed by atoms with van der Waals surface area (Å²) in [5, 5.41) is 3.22. The average molecular weight is 290 g/mol. The number of para-hydroxylation sites is 1. The molecule has 0 aromatic heterocycles. The van der Waals surface area contributed by atoms with Crippen molar-refractivity contribution < 1.29 is 14.3 Å². The molecule has 2 amide bonds. The van der Waals surface area contributed by atoms with E-state index in [0.29, 0.717) is 6.61 Å². The van der Waals surface area contributed by atoms with Crippen LogP contribution in [-0.2, 0) is 20.7 Å². The molecule has 0 saturated carbocycles. The number of benzene rings is 1. The number of nitrogens with zero attached hydrogens (tertiary/aromatic N) is 1. The Labute approximate surface area is 125 Å². The number of carbonyl (C=O) groups is 2. The van der Waals surface area contributed by atoms with Gasteiger partial charge in [0.1, 0.15) is 6.04 Å². The number of nitrogens with one attached hydrogen (secondary N) is 1. The van der Waals surface area contributed by atoms with Gasteiger partial charge in [0.25, 0.3) is 5.91 Å². The van der Waals surface area contributed by atoms with Gasteiger partial charge in [-0.15, -0.1) is 0 Å². The second kappa shape index (κ2) is 6.72. The van der Waals surface area contributed by atoms with Crippen LogP contribution in [0.4, 0.5) is 5.69 Å². The number of anilines is 1. The van der Waals surface area contributed by atoms with Crippen LogP contribution in [0, 0.1) is 0 Å². The molecule has 5 heteroatoms. The van der Waals surface area contributed by atoms with E-state index in [1.165, 1.54) is 4.90 Å². The molecule has 1 aromatic rings. The first-order valence-corrected chi connectivity index (χ1v) is 7.24. The van der Waals surface area contributed by atoms with Crippen LogP contribution < -0.4 is 5.32 Å². The molecule has 1 heterocycles. The minimum Gasteiger partial charge on any atom is -0.384 e. The molecule has 1 unspecified atom stereocenters. The summed E-state index contributed by atoms with van der Waals surface area (Å²) in [4.78, 5) is 25.6. The van der Waals surface area contributed by atoms with Gasteiger partial charge in [0.05, 0.1) is 13.0 Å². The van der Waals surface area contributed by atoms with Gasteiger partial charge < -0.3 is 10.1 Å². The summed E-state index contributed by atoms with van der Waals surface area (Å²) < 4.78 is 5.10. The fourth-order valence-corrected chi connectivity index (χ4v) is 2.59. The maximum atomic E-state index is 12.3. The molecule has 2 rings (SSSR count). The van der Waals surface area contributed by atoms with Crippen molar-refractivity contribution in [3.8, 4) is 0 Å². The number of hydrogen-bond donors (Lipinski definition) is 1. The van der Waals surface area contributed by atoms with Crippen molar-refractivity contribution in [1.82, 2.24) is 4.90 Å². The zero-order valence-corrected chi connectivity index (χ0v) is 12.8. The number of rotatable bonds is 6. The van der Waals surface area contributed by atoms with Crippen LogP contribution in [-0.4, -0.2) is 42.5 Å². The van der Waals surface area contributed by atoms with Crippen LogP contribution in [0.2, 0.25) is 0 Å². The monoisotopic (exact) mass is 290 g/mol. The van der Waals surface area contributed by atoms with Crippen molar-refractivity contribution in [2.75, 3.05) is 19.0 Å². The fourth-order valence-electron chi connectivity index (χ4n) is 2.59. The Morgan fingerprint density at radius 3 is 2.67 bits per heavy atom. The largest absolute Gasteiger partial charge is 0.384 e. The summed E-state index contributed by atoms with van der Waals surface area (Å²) in [6.07, 6.45) is 0.984. The number of hydrogen-bond acceptors (Lipinski definition) is 4. The highest BCUT2D eigenvalue weighted by Crippen LogP contribution is 2.23. The van der Waals surface area contributed by atoms with Crippen LogP contribution in [0.1, 0.15) is 25.8 Å². The molecule has 1 aliphatic heterocycles. The van der Waals surface area contributed by atoms with Gasteiger partial charge in [0, 0.05) is 18.8 Å². The first-order chi connectivity index (χ1) is 10.0. The number of carbonyl (C=O) groups excluding carboxylic acids is 2. The van der Waals surface area contributed by atoms with Crippen LogP contribution in [0.15, 0.2) is 24.3 Å². The molecule has 1 atom stereocenters. The van der Waals surface area contributed by atoms with E-state index in [1.54, 1.807) is 7.11 Å². The third-order valence-corrected chi connectivity index (χ3v) is 3.62. The SMILES string of the molecule is COCCc1ccccc1NC1CC(=O)N(C(C)C)C1=O. The molecule has 1 fully saturated rings. The number of ether oxygens (including phenoxy) is 1. The molecular weight excluding hydrogens is 268 g/mol. The predicted molar refractivity (Wildman–Crippen MR) is 81.0 cm³/mol. The van der Waals surface area contributed by atoms with Gasteiger partial charge in [-0.05, 0) is 31.9 Å². The van der Waals surface area contributed by atoms with Crippen molar-refractivity contribution >= 4 is 17.5 Å². The molecule has 114 valence electrons. The Morgan fingerprint density at radius 1 is 1.33 bits per heavy atom. The molecule has 1 saturated heterocycles. The quantitative estimate of drug-likeness (QED) is 0.812. The predicted octanol–water partition coefficient (Wildman–Crippen LogP) is 1.82. The molecular formula is C16H22N2O3. The van der Waals surface area contributed by atoms with Crippen LogP contribution in [0.25, 0.3) is 0 Å². The molecule has 0 bridgehead atoms. The van der Waals surface area contributed by atoms with Crippen LogP contribution in [0.3, 0.4) is 0 Å². The lowest BCUT2D eigenvalue weighted by Gasteiger charge is -2.20. The van der Waals surface area contributed by atoms with E-state index in [-0.39, 0.29) is 24.3 Å². The Morgan fingerprint density at radius 2 is 2.05 bits per heavy atom. The Kier molecular flexibility index (Phi) is 4.96. The van der Waals surface area contributed by atoms with E-state index in [1.807, 2.05) is 38.1 Å². The van der Waals surface area contributed by atoms with Gasteiger partial charge in [-0.2, -0.15) is 0 Å². The Balaban J connectivity index is 2.12. The maximum absolute atomic E-state index is 12.3. The highest BCUT2D eigenvalue weighted by atomic mass is 16.5. The molecule has 5 nitrogen and oxygen atoms in total. The van der Waals surface area contributed by atoms with E-state index >= 15 is 0 Å². The number of likely N-dealkylation sites (tertiary alicyclic amines) is 1. The first-order valence-electron chi connectivity index (χ1n) is 7.24. The summed E-state index contributed by atoms with van der Waals surface area (Å²) in [6, 6.07) is 7.24. The summed E-state index contributed by atoms with van der Waals surface area (Å²) in [7, 11) is 1.66. The fraction of sp³-hybridized carbons (Fsp3) is 0.500. The average Bonchev–Trinajstić information content (AvgIpc) is 2.72. The van der Waals surface area contributed by atoms with Gasteiger partial charge in [-0.25, -0.2) is 0 Å². The van der Waals surface area contributed by atoms with Crippen molar-refractivity contribution in [2.24, 2.45) is 0 Å². The highest BCUT2D eigenvalue weighted by molar-refractivity contribution is 6.07. The molecule has 1 aliphatic rings. The minimum atomic E-state index is -0.469. The lowest BCUT2D eigenvalue weighted by atomic mass is 10.1. The Hall–Kier alpha value is -1.88. The van der Waals surface area contributed by atoms with E-state index in [2.05, 4.69) is 5.32 Å². The van der Waals surface area contributed by atoms with Gasteiger partial charge in [-0.1, -0.05) is 18.2 Å². The number of amides is 2. The number of imide groups is 1. The standard InChI is InChI=1S/C16H22N2O3/c1-11(2)18-15(19)10-14(16(18)20)17-13-7-5-4-6-12(13)8-9-21-3/h4-7,11,14,17H,8-10H2,1-3H3. The lowest BCUT2D eigenvalue weighted by molar-refractivity contribution is -0.140. The Bertz CT molecular complexity index is 528.